The van der Waals surface area contributed by atoms with Crippen LogP contribution in [-0.2, 0) is 9.59 Å². The number of primary amides is 1. The van der Waals surface area contributed by atoms with Crippen molar-refractivity contribution in [3.8, 4) is 0 Å². The number of rotatable bonds is 4. The standard InChI is InChI=1S/C4H6Br2N2O3/c5-8(6)2(4(10)11)1-3(7)9/h2H,1H2,(H2,7,9)(H,10,11). The van der Waals surface area contributed by atoms with Gasteiger partial charge in [0, 0.05) is 32.3 Å². The first kappa shape index (κ1) is 10.9. The van der Waals surface area contributed by atoms with E-state index >= 15 is 0 Å². The molecule has 0 bridgehead atoms. The molecule has 0 heterocycles. The summed E-state index contributed by atoms with van der Waals surface area (Å²) in [6.07, 6.45) is -0.244. The van der Waals surface area contributed by atoms with Crippen molar-refractivity contribution in [3.05, 3.63) is 0 Å². The minimum atomic E-state index is -1.13. The highest BCUT2D eigenvalue weighted by atomic mass is 79.9. The van der Waals surface area contributed by atoms with E-state index in [1.165, 1.54) is 0 Å². The van der Waals surface area contributed by atoms with E-state index in [0.29, 0.717) is 0 Å². The molecule has 1 unspecified atom stereocenters. The second-order valence-corrected chi connectivity index (χ2v) is 4.26. The maximum absolute atomic E-state index is 10.4. The van der Waals surface area contributed by atoms with E-state index in [1.807, 2.05) is 0 Å². The van der Waals surface area contributed by atoms with Crippen molar-refractivity contribution in [2.45, 2.75) is 12.5 Å². The van der Waals surface area contributed by atoms with Crippen LogP contribution in [0.15, 0.2) is 0 Å². The molecule has 0 saturated heterocycles. The van der Waals surface area contributed by atoms with Crippen LogP contribution in [0.25, 0.3) is 0 Å². The highest BCUT2D eigenvalue weighted by molar-refractivity contribution is 9.21. The van der Waals surface area contributed by atoms with E-state index in [9.17, 15) is 9.59 Å². The molecular weight excluding hydrogens is 284 g/mol. The van der Waals surface area contributed by atoms with Crippen molar-refractivity contribution in [1.29, 1.82) is 0 Å². The Hall–Kier alpha value is -0.140. The fourth-order valence-corrected chi connectivity index (χ4v) is 1.07. The first-order valence-corrected chi connectivity index (χ1v) is 3.99. The van der Waals surface area contributed by atoms with E-state index < -0.39 is 17.9 Å². The van der Waals surface area contributed by atoms with Crippen LogP contribution in [0.5, 0.6) is 0 Å². The lowest BCUT2D eigenvalue weighted by atomic mass is 10.2. The average Bonchev–Trinajstić information content (AvgIpc) is 1.81. The molecule has 0 radical (unpaired) electrons. The molecule has 7 heteroatoms. The monoisotopic (exact) mass is 288 g/mol. The molecule has 1 atom stereocenters. The van der Waals surface area contributed by atoms with E-state index in [4.69, 9.17) is 10.8 Å². The van der Waals surface area contributed by atoms with Gasteiger partial charge in [-0.3, -0.25) is 9.59 Å². The van der Waals surface area contributed by atoms with Gasteiger partial charge in [-0.25, -0.2) is 0 Å². The largest absolute Gasteiger partial charge is 0.480 e. The molecule has 0 aliphatic heterocycles. The molecule has 5 nitrogen and oxygen atoms in total. The van der Waals surface area contributed by atoms with Gasteiger partial charge >= 0.3 is 5.97 Å². The van der Waals surface area contributed by atoms with Gasteiger partial charge in [-0.05, 0) is 0 Å². The summed E-state index contributed by atoms with van der Waals surface area (Å²) in [5.74, 6) is -1.79. The molecule has 0 rings (SSSR count). The van der Waals surface area contributed by atoms with Crippen molar-refractivity contribution in [1.82, 2.24) is 2.95 Å². The Morgan fingerprint density at radius 1 is 1.55 bits per heavy atom. The molecule has 0 spiro atoms. The molecule has 3 N–H and O–H groups in total. The first-order chi connectivity index (χ1) is 4.95. The number of hydrogen-bond acceptors (Lipinski definition) is 3. The number of carbonyl (C=O) groups is 2. The van der Waals surface area contributed by atoms with Gasteiger partial charge in [0.25, 0.3) is 0 Å². The predicted molar refractivity (Wildman–Crippen MR) is 44.9 cm³/mol. The average molecular weight is 290 g/mol. The molecule has 11 heavy (non-hydrogen) atoms. The van der Waals surface area contributed by atoms with Gasteiger partial charge in [-0.2, -0.15) is 2.95 Å². The predicted octanol–water partition coefficient (Wildman–Crippen LogP) is 0.237. The highest BCUT2D eigenvalue weighted by Crippen LogP contribution is 2.14. The Labute approximate surface area is 80.2 Å². The van der Waals surface area contributed by atoms with Crippen LogP contribution in [0.4, 0.5) is 0 Å². The van der Waals surface area contributed by atoms with E-state index in [-0.39, 0.29) is 6.42 Å². The third-order valence-corrected chi connectivity index (χ3v) is 1.90. The Bertz CT molecular complexity index is 173. The van der Waals surface area contributed by atoms with Gasteiger partial charge in [-0.15, -0.1) is 0 Å². The first-order valence-electron chi connectivity index (χ1n) is 2.57. The zero-order chi connectivity index (χ0) is 9.02. The van der Waals surface area contributed by atoms with Crippen molar-refractivity contribution in [2.75, 3.05) is 0 Å². The minimum Gasteiger partial charge on any atom is -0.480 e. The molecule has 0 aromatic heterocycles. The number of nitrogens with zero attached hydrogens (tertiary/aromatic N) is 1. The molecular formula is C4H6Br2N2O3. The quantitative estimate of drug-likeness (QED) is 0.726. The number of nitrogens with two attached hydrogens (primary N) is 1. The third kappa shape index (κ3) is 4.33. The lowest BCUT2D eigenvalue weighted by Gasteiger charge is -2.12. The molecule has 0 aromatic carbocycles. The van der Waals surface area contributed by atoms with Crippen molar-refractivity contribution < 1.29 is 14.7 Å². The number of amides is 1. The minimum absolute atomic E-state index is 0.244. The van der Waals surface area contributed by atoms with Gasteiger partial charge in [0.2, 0.25) is 5.91 Å². The molecule has 0 aliphatic carbocycles. The molecule has 64 valence electrons. The fourth-order valence-electron chi connectivity index (χ4n) is 0.430. The number of aliphatic carboxylic acids is 1. The number of carboxylic acids is 1. The van der Waals surface area contributed by atoms with Gasteiger partial charge in [-0.1, -0.05) is 0 Å². The Morgan fingerprint density at radius 2 is 2.00 bits per heavy atom. The molecule has 0 fully saturated rings. The Kier molecular flexibility index (Phi) is 4.62. The van der Waals surface area contributed by atoms with Crippen LogP contribution in [0, 0.1) is 0 Å². The van der Waals surface area contributed by atoms with Crippen LogP contribution in [0.1, 0.15) is 6.42 Å². The zero-order valence-electron chi connectivity index (χ0n) is 5.33. The van der Waals surface area contributed by atoms with Crippen LogP contribution in [0.2, 0.25) is 0 Å². The van der Waals surface area contributed by atoms with Crippen molar-refractivity contribution in [3.63, 3.8) is 0 Å². The Morgan fingerprint density at radius 3 is 2.09 bits per heavy atom. The summed E-state index contributed by atoms with van der Waals surface area (Å²) in [6, 6.07) is -0.979. The number of halogens is 2. The summed E-state index contributed by atoms with van der Waals surface area (Å²) >= 11 is 5.66. The highest BCUT2D eigenvalue weighted by Gasteiger charge is 2.24. The summed E-state index contributed by atoms with van der Waals surface area (Å²) in [6.45, 7) is 0. The van der Waals surface area contributed by atoms with E-state index in [0.717, 1.165) is 2.95 Å². The SMILES string of the molecule is NC(=O)CC(C(=O)O)N(Br)Br. The van der Waals surface area contributed by atoms with Crippen LogP contribution < -0.4 is 5.73 Å². The summed E-state index contributed by atoms with van der Waals surface area (Å²) in [5, 5.41) is 8.48. The molecule has 0 aromatic rings. The van der Waals surface area contributed by atoms with Crippen molar-refractivity contribution in [2.24, 2.45) is 5.73 Å². The maximum atomic E-state index is 10.4. The normalized spacial score (nSPS) is 13.0. The molecule has 0 aliphatic rings. The molecule has 0 saturated carbocycles. The topological polar surface area (TPSA) is 83.6 Å². The van der Waals surface area contributed by atoms with Gasteiger partial charge in [0.15, 0.2) is 0 Å². The van der Waals surface area contributed by atoms with Gasteiger partial charge in [0.1, 0.15) is 6.04 Å². The third-order valence-electron chi connectivity index (χ3n) is 0.915. The summed E-state index contributed by atoms with van der Waals surface area (Å²) in [7, 11) is 0. The van der Waals surface area contributed by atoms with Gasteiger partial charge in [0.05, 0.1) is 6.42 Å². The Balaban J connectivity index is 4.12. The summed E-state index contributed by atoms with van der Waals surface area (Å²) in [4.78, 5) is 20.7. The molecule has 1 amide bonds. The maximum Gasteiger partial charge on any atom is 0.323 e. The lowest BCUT2D eigenvalue weighted by molar-refractivity contribution is -0.141. The van der Waals surface area contributed by atoms with E-state index in [2.05, 4.69) is 32.3 Å². The zero-order valence-corrected chi connectivity index (χ0v) is 8.50. The van der Waals surface area contributed by atoms with Crippen LogP contribution >= 0.6 is 32.3 Å². The van der Waals surface area contributed by atoms with E-state index in [1.54, 1.807) is 0 Å². The fraction of sp³-hybridized carbons (Fsp3) is 0.500. The second kappa shape index (κ2) is 4.68. The second-order valence-electron chi connectivity index (χ2n) is 1.78. The van der Waals surface area contributed by atoms with Crippen LogP contribution in [0.3, 0.4) is 0 Å². The lowest BCUT2D eigenvalue weighted by Crippen LogP contribution is -2.33. The summed E-state index contributed by atoms with van der Waals surface area (Å²) < 4.78 is 1.06. The number of carbonyl (C=O) groups excluding carboxylic acids is 1. The smallest absolute Gasteiger partial charge is 0.323 e. The number of hydrogen-bond donors (Lipinski definition) is 2. The summed E-state index contributed by atoms with van der Waals surface area (Å²) in [5.41, 5.74) is 4.80. The van der Waals surface area contributed by atoms with Crippen molar-refractivity contribution >= 4 is 44.2 Å². The van der Waals surface area contributed by atoms with Crippen LogP contribution in [-0.4, -0.2) is 26.0 Å². The number of carboxylic acid groups (broad SMARTS) is 1. The van der Waals surface area contributed by atoms with Gasteiger partial charge < -0.3 is 10.8 Å².